The van der Waals surface area contributed by atoms with Gasteiger partial charge in [0.2, 0.25) is 10.0 Å². The molecule has 0 atom stereocenters. The molecule has 5 nitrogen and oxygen atoms in total. The Bertz CT molecular complexity index is 510. The smallest absolute Gasteiger partial charge is 0.240 e. The zero-order chi connectivity index (χ0) is 13.7. The van der Waals surface area contributed by atoms with Gasteiger partial charge in [-0.15, -0.1) is 0 Å². The van der Waals surface area contributed by atoms with Gasteiger partial charge in [0.1, 0.15) is 0 Å². The maximum Gasteiger partial charge on any atom is 0.240 e. The van der Waals surface area contributed by atoms with Crippen molar-refractivity contribution in [2.45, 2.75) is 24.3 Å². The number of aliphatic hydroxyl groups is 1. The molecule has 6 heteroatoms. The molecule has 1 saturated heterocycles. The second-order valence-corrected chi connectivity index (χ2v) is 6.45. The highest BCUT2D eigenvalue weighted by Gasteiger charge is 2.18. The summed E-state index contributed by atoms with van der Waals surface area (Å²) in [4.78, 5) is 2.42. The van der Waals surface area contributed by atoms with E-state index in [-0.39, 0.29) is 11.5 Å². The second kappa shape index (κ2) is 6.47. The Morgan fingerprint density at radius 1 is 1.21 bits per heavy atom. The first-order valence-corrected chi connectivity index (χ1v) is 8.02. The van der Waals surface area contributed by atoms with Gasteiger partial charge < -0.3 is 10.0 Å². The summed E-state index contributed by atoms with van der Waals surface area (Å²) in [5.41, 5.74) is 0.427. The van der Waals surface area contributed by atoms with Crippen LogP contribution in [0.15, 0.2) is 29.2 Å². The first-order valence-electron chi connectivity index (χ1n) is 6.54. The molecular formula is C13H20N2O3S. The van der Waals surface area contributed by atoms with Crippen LogP contribution in [0.3, 0.4) is 0 Å². The second-order valence-electron chi connectivity index (χ2n) is 4.71. The summed E-state index contributed by atoms with van der Waals surface area (Å²) in [7, 11) is -3.53. The zero-order valence-electron chi connectivity index (χ0n) is 10.9. The molecule has 2 N–H and O–H groups in total. The molecule has 0 amide bonds. The van der Waals surface area contributed by atoms with Crippen molar-refractivity contribution in [1.82, 2.24) is 9.62 Å². The van der Waals surface area contributed by atoms with E-state index in [9.17, 15) is 13.5 Å². The highest BCUT2D eigenvalue weighted by atomic mass is 32.2. The topological polar surface area (TPSA) is 69.6 Å². The van der Waals surface area contributed by atoms with Gasteiger partial charge >= 0.3 is 0 Å². The predicted octanol–water partition coefficient (Wildman–Crippen LogP) is 0.553. The predicted molar refractivity (Wildman–Crippen MR) is 73.2 cm³/mol. The van der Waals surface area contributed by atoms with Crippen molar-refractivity contribution in [2.75, 3.05) is 26.2 Å². The summed E-state index contributed by atoms with van der Waals surface area (Å²) in [5.74, 6) is 0. The average Bonchev–Trinajstić information content (AvgIpc) is 2.91. The molecule has 0 saturated carbocycles. The minimum Gasteiger partial charge on any atom is -0.392 e. The molecule has 106 valence electrons. The monoisotopic (exact) mass is 284 g/mol. The van der Waals surface area contributed by atoms with Crippen LogP contribution in [0.4, 0.5) is 0 Å². The summed E-state index contributed by atoms with van der Waals surface area (Å²) in [5, 5.41) is 9.18. The Hall–Kier alpha value is -0.950. The number of benzene rings is 1. The van der Waals surface area contributed by atoms with Crippen molar-refractivity contribution in [3.8, 4) is 0 Å². The van der Waals surface area contributed by atoms with Crippen molar-refractivity contribution in [2.24, 2.45) is 0 Å². The fourth-order valence-corrected chi connectivity index (χ4v) is 3.57. The van der Waals surface area contributed by atoms with Gasteiger partial charge in [0.15, 0.2) is 0 Å². The molecule has 0 aromatic heterocycles. The van der Waals surface area contributed by atoms with E-state index in [1.165, 1.54) is 18.9 Å². The van der Waals surface area contributed by atoms with Crippen LogP contribution in [0.1, 0.15) is 18.4 Å². The van der Waals surface area contributed by atoms with Crippen molar-refractivity contribution in [3.63, 3.8) is 0 Å². The lowest BCUT2D eigenvalue weighted by atomic mass is 10.2. The molecule has 1 aliphatic rings. The Kier molecular flexibility index (Phi) is 4.93. The number of rotatable bonds is 6. The van der Waals surface area contributed by atoms with E-state index < -0.39 is 10.0 Å². The standard InChI is InChI=1S/C13H20N2O3S/c16-11-12-5-1-2-6-13(12)19(17,18)14-7-10-15-8-3-4-9-15/h1-2,5-6,14,16H,3-4,7-11H2. The SMILES string of the molecule is O=S(=O)(NCCN1CCCC1)c1ccccc1CO. The number of hydrogen-bond acceptors (Lipinski definition) is 4. The number of nitrogens with one attached hydrogen (secondary N) is 1. The van der Waals surface area contributed by atoms with Gasteiger partial charge in [-0.3, -0.25) is 0 Å². The summed E-state index contributed by atoms with van der Waals surface area (Å²) in [6.07, 6.45) is 2.39. The first-order chi connectivity index (χ1) is 9.13. The normalized spacial score (nSPS) is 16.9. The molecule has 1 heterocycles. The fraction of sp³-hybridized carbons (Fsp3) is 0.538. The summed E-state index contributed by atoms with van der Waals surface area (Å²) < 4.78 is 26.9. The van der Waals surface area contributed by atoms with Gasteiger partial charge in [-0.05, 0) is 37.6 Å². The van der Waals surface area contributed by atoms with E-state index in [2.05, 4.69) is 9.62 Å². The molecule has 1 aromatic rings. The zero-order valence-corrected chi connectivity index (χ0v) is 11.7. The third-order valence-corrected chi connectivity index (χ3v) is 4.91. The maximum absolute atomic E-state index is 12.1. The summed E-state index contributed by atoms with van der Waals surface area (Å²) >= 11 is 0. The van der Waals surface area contributed by atoms with E-state index in [4.69, 9.17) is 0 Å². The average molecular weight is 284 g/mol. The molecule has 0 unspecified atom stereocenters. The number of hydrogen-bond donors (Lipinski definition) is 2. The van der Waals surface area contributed by atoms with Crippen LogP contribution in [0.2, 0.25) is 0 Å². The van der Waals surface area contributed by atoms with Crippen molar-refractivity contribution < 1.29 is 13.5 Å². The van der Waals surface area contributed by atoms with Crippen LogP contribution in [-0.4, -0.2) is 44.6 Å². The Balaban J connectivity index is 1.97. The summed E-state index contributed by atoms with van der Waals surface area (Å²) in [6, 6.07) is 6.52. The lowest BCUT2D eigenvalue weighted by Crippen LogP contribution is -2.33. The molecule has 2 rings (SSSR count). The number of sulfonamides is 1. The van der Waals surface area contributed by atoms with E-state index in [0.717, 1.165) is 19.6 Å². The van der Waals surface area contributed by atoms with Crippen LogP contribution < -0.4 is 4.72 Å². The molecule has 19 heavy (non-hydrogen) atoms. The van der Waals surface area contributed by atoms with E-state index in [0.29, 0.717) is 12.1 Å². The molecule has 0 radical (unpaired) electrons. The lowest BCUT2D eigenvalue weighted by Gasteiger charge is -2.15. The third kappa shape index (κ3) is 3.76. The van der Waals surface area contributed by atoms with Crippen LogP contribution >= 0.6 is 0 Å². The molecule has 1 fully saturated rings. The number of nitrogens with zero attached hydrogens (tertiary/aromatic N) is 1. The van der Waals surface area contributed by atoms with E-state index in [1.807, 2.05) is 0 Å². The molecular weight excluding hydrogens is 264 g/mol. The highest BCUT2D eigenvalue weighted by molar-refractivity contribution is 7.89. The van der Waals surface area contributed by atoms with E-state index in [1.54, 1.807) is 18.2 Å². The minimum absolute atomic E-state index is 0.166. The van der Waals surface area contributed by atoms with Gasteiger partial charge in [-0.2, -0.15) is 0 Å². The number of aliphatic hydroxyl groups excluding tert-OH is 1. The molecule has 0 bridgehead atoms. The number of likely N-dealkylation sites (tertiary alicyclic amines) is 1. The first kappa shape index (κ1) is 14.5. The van der Waals surface area contributed by atoms with Crippen LogP contribution in [0.25, 0.3) is 0 Å². The Labute approximate surface area is 114 Å². The van der Waals surface area contributed by atoms with Crippen LogP contribution in [0, 0.1) is 0 Å². The Morgan fingerprint density at radius 3 is 2.58 bits per heavy atom. The van der Waals surface area contributed by atoms with Crippen molar-refractivity contribution >= 4 is 10.0 Å². The van der Waals surface area contributed by atoms with Crippen LogP contribution in [0.5, 0.6) is 0 Å². The fourth-order valence-electron chi connectivity index (χ4n) is 2.32. The minimum atomic E-state index is -3.53. The molecule has 0 aliphatic carbocycles. The quantitative estimate of drug-likeness (QED) is 0.800. The molecule has 0 spiro atoms. The highest BCUT2D eigenvalue weighted by Crippen LogP contribution is 2.15. The van der Waals surface area contributed by atoms with Crippen molar-refractivity contribution in [1.29, 1.82) is 0 Å². The van der Waals surface area contributed by atoms with Gasteiger partial charge in [0.25, 0.3) is 0 Å². The van der Waals surface area contributed by atoms with Crippen molar-refractivity contribution in [3.05, 3.63) is 29.8 Å². The van der Waals surface area contributed by atoms with Gasteiger partial charge in [-0.25, -0.2) is 13.1 Å². The maximum atomic E-state index is 12.1. The third-order valence-electron chi connectivity index (χ3n) is 3.35. The van der Waals surface area contributed by atoms with Gasteiger partial charge in [-0.1, -0.05) is 18.2 Å². The molecule has 1 aromatic carbocycles. The largest absolute Gasteiger partial charge is 0.392 e. The summed E-state index contributed by atoms with van der Waals surface area (Å²) in [6.45, 7) is 2.97. The molecule has 1 aliphatic heterocycles. The van der Waals surface area contributed by atoms with Gasteiger partial charge in [0.05, 0.1) is 11.5 Å². The Morgan fingerprint density at radius 2 is 1.89 bits per heavy atom. The lowest BCUT2D eigenvalue weighted by molar-refractivity contribution is 0.278. The van der Waals surface area contributed by atoms with Crippen LogP contribution in [-0.2, 0) is 16.6 Å². The van der Waals surface area contributed by atoms with E-state index >= 15 is 0 Å². The van der Waals surface area contributed by atoms with Gasteiger partial charge in [0, 0.05) is 13.1 Å².